The van der Waals surface area contributed by atoms with E-state index in [0.717, 1.165) is 18.2 Å². The number of benzene rings is 2. The SMILES string of the molecule is O=C(O)c1cc([N+](=O)[O-])c2c([N+](=O)[O-])cccc2c1C(=O)O. The van der Waals surface area contributed by atoms with Gasteiger partial charge in [-0.2, -0.15) is 0 Å². The molecule has 0 radical (unpaired) electrons. The molecule has 2 N–H and O–H groups in total. The number of fused-ring (bicyclic) bond motifs is 1. The molecule has 0 heterocycles. The van der Waals surface area contributed by atoms with Gasteiger partial charge in [0.25, 0.3) is 11.4 Å². The van der Waals surface area contributed by atoms with Crippen LogP contribution in [0, 0.1) is 20.2 Å². The topological polar surface area (TPSA) is 161 Å². The summed E-state index contributed by atoms with van der Waals surface area (Å²) in [5.41, 5.74) is -3.07. The average molecular weight is 306 g/mol. The second-order valence-electron chi connectivity index (χ2n) is 4.14. The zero-order chi connectivity index (χ0) is 16.6. The normalized spacial score (nSPS) is 10.4. The summed E-state index contributed by atoms with van der Waals surface area (Å²) in [6, 6.07) is 3.70. The van der Waals surface area contributed by atoms with E-state index in [1.807, 2.05) is 0 Å². The van der Waals surface area contributed by atoms with Crippen LogP contribution in [0.2, 0.25) is 0 Å². The van der Waals surface area contributed by atoms with Crippen LogP contribution in [0.25, 0.3) is 10.8 Å². The maximum Gasteiger partial charge on any atom is 0.337 e. The third kappa shape index (κ3) is 2.18. The van der Waals surface area contributed by atoms with Gasteiger partial charge in [0.2, 0.25) is 0 Å². The van der Waals surface area contributed by atoms with E-state index in [1.165, 1.54) is 0 Å². The Labute approximate surface area is 120 Å². The van der Waals surface area contributed by atoms with Crippen molar-refractivity contribution in [3.63, 3.8) is 0 Å². The first-order valence-electron chi connectivity index (χ1n) is 5.60. The summed E-state index contributed by atoms with van der Waals surface area (Å²) >= 11 is 0. The highest BCUT2D eigenvalue weighted by atomic mass is 16.6. The number of nitrogens with zero attached hydrogens (tertiary/aromatic N) is 2. The van der Waals surface area contributed by atoms with E-state index >= 15 is 0 Å². The zero-order valence-electron chi connectivity index (χ0n) is 10.5. The molecule has 0 saturated carbocycles. The molecule has 0 atom stereocenters. The van der Waals surface area contributed by atoms with Crippen molar-refractivity contribution in [2.75, 3.05) is 0 Å². The molecule has 0 unspecified atom stereocenters. The third-order valence-corrected chi connectivity index (χ3v) is 2.96. The van der Waals surface area contributed by atoms with Gasteiger partial charge < -0.3 is 10.2 Å². The second-order valence-corrected chi connectivity index (χ2v) is 4.14. The monoisotopic (exact) mass is 306 g/mol. The molecule has 0 amide bonds. The number of nitro benzene ring substituents is 2. The largest absolute Gasteiger partial charge is 0.478 e. The summed E-state index contributed by atoms with van der Waals surface area (Å²) in [5.74, 6) is -3.34. The summed E-state index contributed by atoms with van der Waals surface area (Å²) in [4.78, 5) is 42.6. The smallest absolute Gasteiger partial charge is 0.337 e. The van der Waals surface area contributed by atoms with Crippen molar-refractivity contribution in [2.24, 2.45) is 0 Å². The van der Waals surface area contributed by atoms with Crippen molar-refractivity contribution in [2.45, 2.75) is 0 Å². The van der Waals surface area contributed by atoms with E-state index in [9.17, 15) is 29.8 Å². The Balaban J connectivity index is 3.15. The fourth-order valence-electron chi connectivity index (χ4n) is 2.14. The summed E-state index contributed by atoms with van der Waals surface area (Å²) in [7, 11) is 0. The van der Waals surface area contributed by atoms with Gasteiger partial charge in [0.15, 0.2) is 0 Å². The van der Waals surface area contributed by atoms with Gasteiger partial charge in [0.1, 0.15) is 5.39 Å². The minimum absolute atomic E-state index is 0.381. The van der Waals surface area contributed by atoms with E-state index in [4.69, 9.17) is 10.2 Å². The van der Waals surface area contributed by atoms with Gasteiger partial charge in [-0.3, -0.25) is 20.2 Å². The number of carboxylic acid groups (broad SMARTS) is 2. The minimum atomic E-state index is -1.69. The number of carboxylic acids is 2. The average Bonchev–Trinajstić information content (AvgIpc) is 2.43. The lowest BCUT2D eigenvalue weighted by Crippen LogP contribution is -2.10. The maximum absolute atomic E-state index is 11.3. The van der Waals surface area contributed by atoms with Crippen molar-refractivity contribution >= 4 is 34.1 Å². The number of aromatic carboxylic acids is 2. The van der Waals surface area contributed by atoms with Gasteiger partial charge in [-0.1, -0.05) is 12.1 Å². The molecule has 2 aromatic carbocycles. The molecule has 0 aliphatic rings. The zero-order valence-corrected chi connectivity index (χ0v) is 10.5. The van der Waals surface area contributed by atoms with Crippen LogP contribution in [0.4, 0.5) is 11.4 Å². The molecule has 10 nitrogen and oxygen atoms in total. The van der Waals surface area contributed by atoms with Gasteiger partial charge in [0, 0.05) is 17.5 Å². The van der Waals surface area contributed by atoms with Crippen LogP contribution in [-0.4, -0.2) is 32.0 Å². The predicted octanol–water partition coefficient (Wildman–Crippen LogP) is 2.05. The molecule has 0 saturated heterocycles. The molecule has 0 spiro atoms. The van der Waals surface area contributed by atoms with Crippen molar-refractivity contribution in [1.82, 2.24) is 0 Å². The lowest BCUT2D eigenvalue weighted by Gasteiger charge is -2.08. The van der Waals surface area contributed by atoms with Crippen molar-refractivity contribution in [3.8, 4) is 0 Å². The molecule has 2 rings (SSSR count). The molecule has 2 aromatic rings. The summed E-state index contributed by atoms with van der Waals surface area (Å²) in [6.45, 7) is 0. The van der Waals surface area contributed by atoms with E-state index in [2.05, 4.69) is 0 Å². The van der Waals surface area contributed by atoms with Gasteiger partial charge in [-0.25, -0.2) is 9.59 Å². The van der Waals surface area contributed by atoms with Crippen LogP contribution in [0.3, 0.4) is 0 Å². The first kappa shape index (κ1) is 14.8. The quantitative estimate of drug-likeness (QED) is 0.640. The van der Waals surface area contributed by atoms with Crippen LogP contribution in [0.1, 0.15) is 20.7 Å². The van der Waals surface area contributed by atoms with Crippen molar-refractivity contribution in [3.05, 3.63) is 55.6 Å². The first-order chi connectivity index (χ1) is 10.3. The van der Waals surface area contributed by atoms with Crippen LogP contribution < -0.4 is 0 Å². The Hall–Kier alpha value is -3.56. The highest BCUT2D eigenvalue weighted by molar-refractivity contribution is 6.16. The van der Waals surface area contributed by atoms with Gasteiger partial charge in [-0.05, 0) is 0 Å². The molecule has 22 heavy (non-hydrogen) atoms. The van der Waals surface area contributed by atoms with E-state index < -0.39 is 49.7 Å². The molecule has 112 valence electrons. The van der Waals surface area contributed by atoms with E-state index in [1.54, 1.807) is 0 Å². The van der Waals surface area contributed by atoms with E-state index in [-0.39, 0.29) is 5.39 Å². The number of non-ortho nitro benzene ring substituents is 2. The summed E-state index contributed by atoms with van der Waals surface area (Å²) in [6.07, 6.45) is 0. The number of carbonyl (C=O) groups is 2. The Morgan fingerprint density at radius 2 is 1.55 bits per heavy atom. The van der Waals surface area contributed by atoms with Gasteiger partial charge in [0.05, 0.1) is 21.0 Å². The van der Waals surface area contributed by atoms with Gasteiger partial charge >= 0.3 is 11.9 Å². The van der Waals surface area contributed by atoms with Crippen LogP contribution in [0.15, 0.2) is 24.3 Å². The molecule has 0 aliphatic heterocycles. The number of hydrogen-bond acceptors (Lipinski definition) is 6. The van der Waals surface area contributed by atoms with Crippen LogP contribution in [0.5, 0.6) is 0 Å². The molecular formula is C12H6N2O8. The van der Waals surface area contributed by atoms with Gasteiger partial charge in [-0.15, -0.1) is 0 Å². The Bertz CT molecular complexity index is 858. The molecule has 0 fully saturated rings. The number of hydrogen-bond donors (Lipinski definition) is 2. The Morgan fingerprint density at radius 1 is 0.955 bits per heavy atom. The third-order valence-electron chi connectivity index (χ3n) is 2.96. The predicted molar refractivity (Wildman–Crippen MR) is 71.2 cm³/mol. The number of nitro groups is 2. The summed E-state index contributed by atoms with van der Waals surface area (Å²) < 4.78 is 0. The molecule has 0 aliphatic carbocycles. The number of rotatable bonds is 4. The van der Waals surface area contributed by atoms with Crippen molar-refractivity contribution in [1.29, 1.82) is 0 Å². The summed E-state index contributed by atoms with van der Waals surface area (Å²) in [5, 5.41) is 39.4. The molecular weight excluding hydrogens is 300 g/mol. The fraction of sp³-hybridized carbons (Fsp3) is 0. The fourth-order valence-corrected chi connectivity index (χ4v) is 2.14. The first-order valence-corrected chi connectivity index (χ1v) is 5.60. The highest BCUT2D eigenvalue weighted by Crippen LogP contribution is 2.37. The van der Waals surface area contributed by atoms with Crippen molar-refractivity contribution < 1.29 is 29.6 Å². The molecule has 0 aromatic heterocycles. The molecule has 10 heteroatoms. The van der Waals surface area contributed by atoms with Crippen LogP contribution >= 0.6 is 0 Å². The maximum atomic E-state index is 11.3. The van der Waals surface area contributed by atoms with Crippen LogP contribution in [-0.2, 0) is 0 Å². The lowest BCUT2D eigenvalue weighted by atomic mass is 9.96. The Morgan fingerprint density at radius 3 is 2.00 bits per heavy atom. The minimum Gasteiger partial charge on any atom is -0.478 e. The standard InChI is InChI=1S/C12H6N2O8/c15-11(16)6-4-8(14(21)22)10-5(9(6)12(17)18)2-1-3-7(10)13(19)20/h1-4H,(H,15,16)(H,17,18). The lowest BCUT2D eigenvalue weighted by molar-refractivity contribution is -0.390. The molecule has 0 bridgehead atoms. The Kier molecular flexibility index (Phi) is 3.43. The highest BCUT2D eigenvalue weighted by Gasteiger charge is 2.30. The van der Waals surface area contributed by atoms with E-state index in [0.29, 0.717) is 6.07 Å². The second kappa shape index (κ2) is 5.09.